The van der Waals surface area contributed by atoms with Gasteiger partial charge in [-0.3, -0.25) is 4.79 Å². The normalized spacial score (nSPS) is 14.8. The molecule has 0 saturated carbocycles. The minimum Gasteiger partial charge on any atom is -0.488 e. The molecule has 1 aromatic carbocycles. The first-order chi connectivity index (χ1) is 9.60. The van der Waals surface area contributed by atoms with Gasteiger partial charge in [-0.2, -0.15) is 0 Å². The summed E-state index contributed by atoms with van der Waals surface area (Å²) in [5.41, 5.74) is 1.46. The number of carbonyl (C=O) groups is 1. The number of halogens is 1. The lowest BCUT2D eigenvalue weighted by Gasteiger charge is -2.19. The summed E-state index contributed by atoms with van der Waals surface area (Å²) in [6.07, 6.45) is 1.83. The zero-order chi connectivity index (χ0) is 14.5. The Morgan fingerprint density at radius 3 is 3.05 bits per heavy atom. The molecule has 0 bridgehead atoms. The number of fused-ring (bicyclic) bond motifs is 1. The minimum atomic E-state index is -0.0969. The van der Waals surface area contributed by atoms with E-state index in [1.54, 1.807) is 12.1 Å². The summed E-state index contributed by atoms with van der Waals surface area (Å²) in [5, 5.41) is 6.77. The summed E-state index contributed by atoms with van der Waals surface area (Å²) in [4.78, 5) is 12.1. The van der Waals surface area contributed by atoms with Crippen molar-refractivity contribution in [3.63, 3.8) is 0 Å². The molecule has 1 aliphatic heterocycles. The van der Waals surface area contributed by atoms with E-state index in [0.717, 1.165) is 17.9 Å². The third-order valence-corrected chi connectivity index (χ3v) is 3.33. The highest BCUT2D eigenvalue weighted by atomic mass is 35.5. The van der Waals surface area contributed by atoms with Gasteiger partial charge in [0, 0.05) is 23.2 Å². The summed E-state index contributed by atoms with van der Waals surface area (Å²) >= 11 is 5.95. The number of benzene rings is 1. The molecule has 1 aliphatic rings. The number of nitrogens with one attached hydrogen (secondary N) is 2. The summed E-state index contributed by atoms with van der Waals surface area (Å²) in [6.45, 7) is 5.83. The Kier molecular flexibility index (Phi) is 5.04. The highest BCUT2D eigenvalue weighted by Crippen LogP contribution is 2.28. The van der Waals surface area contributed by atoms with Crippen LogP contribution in [0.4, 0.5) is 0 Å². The zero-order valence-corrected chi connectivity index (χ0v) is 12.5. The maximum Gasteiger partial charge on any atom is 0.250 e. The summed E-state index contributed by atoms with van der Waals surface area (Å²) in [6, 6.07) is 5.63. The molecule has 0 aromatic heterocycles. The van der Waals surface area contributed by atoms with E-state index in [4.69, 9.17) is 16.3 Å². The summed E-state index contributed by atoms with van der Waals surface area (Å²) < 4.78 is 5.56. The fourth-order valence-electron chi connectivity index (χ4n) is 2.06. The van der Waals surface area contributed by atoms with Gasteiger partial charge in [-0.05, 0) is 37.7 Å². The molecule has 108 valence electrons. The largest absolute Gasteiger partial charge is 0.488 e. The molecule has 1 heterocycles. The van der Waals surface area contributed by atoms with Crippen LogP contribution in [0.1, 0.15) is 19.4 Å². The molecule has 1 aromatic rings. The topological polar surface area (TPSA) is 50.4 Å². The van der Waals surface area contributed by atoms with Gasteiger partial charge < -0.3 is 15.4 Å². The number of amides is 1. The van der Waals surface area contributed by atoms with Crippen LogP contribution in [0.3, 0.4) is 0 Å². The van der Waals surface area contributed by atoms with Crippen LogP contribution in [0.2, 0.25) is 5.02 Å². The van der Waals surface area contributed by atoms with Gasteiger partial charge in [0.2, 0.25) is 0 Å². The lowest BCUT2D eigenvalue weighted by Crippen LogP contribution is -2.40. The van der Waals surface area contributed by atoms with E-state index >= 15 is 0 Å². The second-order valence-corrected chi connectivity index (χ2v) is 5.25. The predicted octanol–water partition coefficient (Wildman–Crippen LogP) is 2.23. The van der Waals surface area contributed by atoms with Crippen molar-refractivity contribution < 1.29 is 9.53 Å². The number of hydrogen-bond acceptors (Lipinski definition) is 3. The van der Waals surface area contributed by atoms with Crippen LogP contribution < -0.4 is 15.4 Å². The molecule has 0 fully saturated rings. The average molecular weight is 295 g/mol. The molecule has 2 rings (SSSR count). The van der Waals surface area contributed by atoms with Crippen LogP contribution in [0.5, 0.6) is 5.75 Å². The first-order valence-corrected chi connectivity index (χ1v) is 7.12. The highest BCUT2D eigenvalue weighted by molar-refractivity contribution is 6.30. The monoisotopic (exact) mass is 294 g/mol. The third kappa shape index (κ3) is 3.74. The maximum atomic E-state index is 12.1. The van der Waals surface area contributed by atoms with E-state index in [1.807, 2.05) is 26.0 Å². The van der Waals surface area contributed by atoms with Crippen molar-refractivity contribution in [1.82, 2.24) is 10.6 Å². The van der Waals surface area contributed by atoms with Gasteiger partial charge in [-0.15, -0.1) is 0 Å². The van der Waals surface area contributed by atoms with Crippen molar-refractivity contribution in [2.24, 2.45) is 0 Å². The van der Waals surface area contributed by atoms with Crippen LogP contribution in [-0.4, -0.2) is 31.6 Å². The number of carbonyl (C=O) groups excluding carboxylic acids is 1. The van der Waals surface area contributed by atoms with Gasteiger partial charge in [0.05, 0.1) is 5.57 Å². The first-order valence-electron chi connectivity index (χ1n) is 6.74. The third-order valence-electron chi connectivity index (χ3n) is 3.10. The van der Waals surface area contributed by atoms with E-state index in [0.29, 0.717) is 17.1 Å². The lowest BCUT2D eigenvalue weighted by atomic mass is 10.1. The van der Waals surface area contributed by atoms with E-state index in [-0.39, 0.29) is 18.6 Å². The molecular formula is C15H19ClN2O2. The average Bonchev–Trinajstić information content (AvgIpc) is 2.44. The molecule has 1 amide bonds. The van der Waals surface area contributed by atoms with Crippen LogP contribution in [-0.2, 0) is 4.79 Å². The fraction of sp³-hybridized carbons (Fsp3) is 0.400. The lowest BCUT2D eigenvalue weighted by molar-refractivity contribution is -0.117. The van der Waals surface area contributed by atoms with Gasteiger partial charge in [-0.25, -0.2) is 0 Å². The molecule has 0 spiro atoms. The molecule has 20 heavy (non-hydrogen) atoms. The fourth-order valence-corrected chi connectivity index (χ4v) is 2.24. The van der Waals surface area contributed by atoms with Crippen LogP contribution in [0.15, 0.2) is 23.8 Å². The highest BCUT2D eigenvalue weighted by Gasteiger charge is 2.17. The van der Waals surface area contributed by atoms with E-state index in [1.165, 1.54) is 0 Å². The van der Waals surface area contributed by atoms with Crippen molar-refractivity contribution in [2.45, 2.75) is 19.9 Å². The van der Waals surface area contributed by atoms with Gasteiger partial charge in [-0.1, -0.05) is 18.5 Å². The molecular weight excluding hydrogens is 276 g/mol. The minimum absolute atomic E-state index is 0.0969. The van der Waals surface area contributed by atoms with E-state index in [2.05, 4.69) is 10.6 Å². The van der Waals surface area contributed by atoms with Gasteiger partial charge >= 0.3 is 0 Å². The molecule has 0 radical (unpaired) electrons. The molecule has 4 nitrogen and oxygen atoms in total. The smallest absolute Gasteiger partial charge is 0.250 e. The van der Waals surface area contributed by atoms with Crippen LogP contribution in [0.25, 0.3) is 6.08 Å². The Hall–Kier alpha value is -1.52. The van der Waals surface area contributed by atoms with Crippen molar-refractivity contribution in [2.75, 3.05) is 19.7 Å². The van der Waals surface area contributed by atoms with E-state index in [9.17, 15) is 4.79 Å². The second-order valence-electron chi connectivity index (χ2n) is 4.81. The van der Waals surface area contributed by atoms with Crippen molar-refractivity contribution in [1.29, 1.82) is 0 Å². The molecule has 0 unspecified atom stereocenters. The van der Waals surface area contributed by atoms with Crippen molar-refractivity contribution >= 4 is 23.6 Å². The second kappa shape index (κ2) is 6.77. The molecule has 5 heteroatoms. The van der Waals surface area contributed by atoms with Gasteiger partial charge in [0.25, 0.3) is 5.91 Å². The Bertz CT molecular complexity index is 529. The van der Waals surface area contributed by atoms with Gasteiger partial charge in [0.15, 0.2) is 0 Å². The van der Waals surface area contributed by atoms with E-state index < -0.39 is 0 Å². The van der Waals surface area contributed by atoms with Crippen LogP contribution in [0, 0.1) is 0 Å². The Labute approximate surface area is 124 Å². The number of likely N-dealkylation sites (N-methyl/N-ethyl adjacent to an activating group) is 1. The summed E-state index contributed by atoms with van der Waals surface area (Å²) in [7, 11) is 0. The molecule has 1 atom stereocenters. The first kappa shape index (κ1) is 14.9. The molecule has 0 aliphatic carbocycles. The maximum absolute atomic E-state index is 12.1. The molecule has 0 saturated heterocycles. The zero-order valence-electron chi connectivity index (χ0n) is 11.7. The molecule has 2 N–H and O–H groups in total. The van der Waals surface area contributed by atoms with Gasteiger partial charge in [0.1, 0.15) is 12.4 Å². The number of ether oxygens (including phenoxy) is 1. The van der Waals surface area contributed by atoms with Crippen molar-refractivity contribution in [3.05, 3.63) is 34.4 Å². The number of rotatable bonds is 5. The Morgan fingerprint density at radius 1 is 1.50 bits per heavy atom. The van der Waals surface area contributed by atoms with Crippen LogP contribution >= 0.6 is 11.6 Å². The Balaban J connectivity index is 2.01. The predicted molar refractivity (Wildman–Crippen MR) is 81.1 cm³/mol. The SMILES string of the molecule is CCN[C@H](C)CNC(=O)C1=Cc2cc(Cl)ccc2OC1. The quantitative estimate of drug-likeness (QED) is 0.875. The summed E-state index contributed by atoms with van der Waals surface area (Å²) in [5.74, 6) is 0.660. The number of hydrogen-bond donors (Lipinski definition) is 2. The Morgan fingerprint density at radius 2 is 2.30 bits per heavy atom. The standard InChI is InChI=1S/C15H19ClN2O2/c1-3-17-10(2)8-18-15(19)12-6-11-7-13(16)4-5-14(11)20-9-12/h4-7,10,17H,3,8-9H2,1-2H3,(H,18,19)/t10-/m1/s1. The van der Waals surface area contributed by atoms with Crippen molar-refractivity contribution in [3.8, 4) is 5.75 Å².